The lowest BCUT2D eigenvalue weighted by molar-refractivity contribution is -0.137. The second-order valence-electron chi connectivity index (χ2n) is 21.0. The molecule has 6 aromatic carbocycles. The van der Waals surface area contributed by atoms with Crippen molar-refractivity contribution in [3.05, 3.63) is 211 Å². The molecule has 0 spiro atoms. The van der Waals surface area contributed by atoms with E-state index in [0.717, 1.165) is 61.7 Å². The van der Waals surface area contributed by atoms with Crippen LogP contribution >= 0.6 is 23.2 Å². The fraction of sp³-hybridized carbons (Fsp3) is 0.262. The topological polar surface area (TPSA) is 280 Å². The minimum atomic E-state index is -0.958. The first kappa shape index (κ1) is 61.5. The molecule has 5 N–H and O–H groups in total. The number of halogens is 2. The van der Waals surface area contributed by atoms with Crippen LogP contribution in [-0.2, 0) is 14.4 Å². The van der Waals surface area contributed by atoms with E-state index < -0.39 is 24.1 Å². The van der Waals surface area contributed by atoms with Crippen molar-refractivity contribution in [2.45, 2.75) is 84.3 Å². The quantitative estimate of drug-likeness (QED) is 0.0759. The number of fused-ring (bicyclic) bond motifs is 9. The molecule has 12 rings (SSSR count). The number of aliphatic imine (C=N–C) groups is 3. The van der Waals surface area contributed by atoms with E-state index in [2.05, 4.69) is 42.1 Å². The van der Waals surface area contributed by atoms with E-state index >= 15 is 0 Å². The Morgan fingerprint density at radius 3 is 1.08 bits per heavy atom. The van der Waals surface area contributed by atoms with Gasteiger partial charge in [-0.05, 0) is 113 Å². The number of carboxylic acid groups (broad SMARTS) is 1. The van der Waals surface area contributed by atoms with E-state index in [1.165, 1.54) is 0 Å². The Kier molecular flexibility index (Phi) is 18.9. The lowest BCUT2D eigenvalue weighted by Gasteiger charge is -2.14. The number of carbonyl (C=O) groups excluding carboxylic acids is 2. The van der Waals surface area contributed by atoms with Crippen molar-refractivity contribution in [3.8, 4) is 34.3 Å². The molecule has 0 fully saturated rings. The molecule has 450 valence electrons. The summed E-state index contributed by atoms with van der Waals surface area (Å²) in [5.41, 5.74) is 20.1. The van der Waals surface area contributed by atoms with Crippen LogP contribution in [0.2, 0.25) is 10.0 Å². The van der Waals surface area contributed by atoms with Crippen LogP contribution < -0.4 is 25.7 Å². The van der Waals surface area contributed by atoms with Gasteiger partial charge in [0, 0.05) is 75.8 Å². The molecule has 0 saturated heterocycles. The van der Waals surface area contributed by atoms with E-state index in [1.807, 2.05) is 157 Å². The zero-order valence-electron chi connectivity index (χ0n) is 49.5. The number of benzene rings is 6. The Morgan fingerprint density at radius 2 is 0.773 bits per heavy atom. The summed E-state index contributed by atoms with van der Waals surface area (Å²) in [6.45, 7) is 7.89. The van der Waals surface area contributed by atoms with Crippen LogP contribution in [0.25, 0.3) is 17.1 Å². The zero-order chi connectivity index (χ0) is 62.3. The molecule has 3 aliphatic heterocycles. The van der Waals surface area contributed by atoms with Gasteiger partial charge in [-0.3, -0.25) is 43.1 Å². The van der Waals surface area contributed by atoms with E-state index in [-0.39, 0.29) is 50.3 Å². The number of ketones is 2. The van der Waals surface area contributed by atoms with Crippen LogP contribution in [0.1, 0.15) is 131 Å². The first-order chi connectivity index (χ1) is 42.5. The highest BCUT2D eigenvalue weighted by Gasteiger charge is 2.34. The molecule has 23 heteroatoms. The van der Waals surface area contributed by atoms with Gasteiger partial charge in [-0.2, -0.15) is 0 Å². The van der Waals surface area contributed by atoms with Crippen molar-refractivity contribution < 1.29 is 33.7 Å². The number of carboxylic acids is 1. The van der Waals surface area contributed by atoms with Crippen molar-refractivity contribution in [1.82, 2.24) is 44.3 Å². The monoisotopic (exact) mass is 1220 g/mol. The van der Waals surface area contributed by atoms with Crippen molar-refractivity contribution in [2.75, 3.05) is 28.0 Å². The summed E-state index contributed by atoms with van der Waals surface area (Å²) in [6.07, 6.45) is 0.785. The first-order valence-electron chi connectivity index (χ1n) is 28.3. The Morgan fingerprint density at radius 1 is 0.466 bits per heavy atom. The van der Waals surface area contributed by atoms with E-state index in [1.54, 1.807) is 33.5 Å². The number of nitrogens with zero attached hydrogens (tertiary/aromatic N) is 12. The summed E-state index contributed by atoms with van der Waals surface area (Å²) in [5, 5.41) is 36.8. The van der Waals surface area contributed by atoms with Gasteiger partial charge >= 0.3 is 5.97 Å². The predicted molar refractivity (Wildman–Crippen MR) is 336 cm³/mol. The number of aryl methyl sites for hydroxylation is 4. The normalized spacial score (nSPS) is 15.1. The average molecular weight is 1220 g/mol. The van der Waals surface area contributed by atoms with Crippen LogP contribution in [0, 0.1) is 27.7 Å². The van der Waals surface area contributed by atoms with Crippen molar-refractivity contribution in [2.24, 2.45) is 26.4 Å². The number of carbonyl (C=O) groups is 3. The predicted octanol–water partition coefficient (Wildman–Crippen LogP) is 10.5. The summed E-state index contributed by atoms with van der Waals surface area (Å²) in [6, 6.07) is 38.3. The summed E-state index contributed by atoms with van der Waals surface area (Å²) >= 11 is 12.3. The molecule has 0 amide bonds. The SMILES string of the molecule is COc1ccc2c(c1)C(c1ccc(C)cc1)=N[C@@H](CC(=O)CCCC(=O)C[C@@H]1N=C(c3ccc(Cl)cc3)c3cc(OC)ccc3-n3c(C)nnc31)c1nnc(C)n1-2.COc1ccc2c(c1)C(c1ccc(Cl)cc1)=N[C@H](CC(=O)O)c1nnc(C)n1-2.NCN. The van der Waals surface area contributed by atoms with Crippen LogP contribution in [0.4, 0.5) is 0 Å². The standard InChI is InChI=1S/C44H41ClN8O4.C20H17ClN4O3.CH6N2/c1-25-9-11-28(12-10-25)41-35-23-33(56-4)17-19-39(35)52-26(2)48-50-43(52)37(46-41)21-31(54)7-6-8-32(55)22-38-44-51-49-27(3)53(44)40-20-18-34(57-5)24-36(40)42(47-38)29-13-15-30(45)16-14-29;1-11-23-24-20-16(10-18(26)27)22-19(12-3-5-13(21)6-4-12)15-9-14(28-2)7-8-17(15)25(11)20;2-1-3/h9-20,23-24,37-38H,6-8,21-22H2,1-5H3;3-9,16H,10H2,1-2H3,(H,26,27);1-3H2/t37-,38-;16-;/m01./s1. The van der Waals surface area contributed by atoms with E-state index in [9.17, 15) is 19.5 Å². The third-order valence-electron chi connectivity index (χ3n) is 15.1. The Hall–Kier alpha value is -9.54. The smallest absolute Gasteiger partial charge is 0.306 e. The molecular weight excluding hydrogens is 1160 g/mol. The molecule has 9 aromatic rings. The molecule has 88 heavy (non-hydrogen) atoms. The van der Waals surface area contributed by atoms with Gasteiger partial charge in [0.15, 0.2) is 17.5 Å². The van der Waals surface area contributed by atoms with Gasteiger partial charge in [-0.15, -0.1) is 30.6 Å². The highest BCUT2D eigenvalue weighted by atomic mass is 35.5. The molecule has 0 aliphatic carbocycles. The Balaban J connectivity index is 0.000000230. The van der Waals surface area contributed by atoms with Crippen LogP contribution in [0.15, 0.2) is 142 Å². The molecule has 0 unspecified atom stereocenters. The molecule has 0 saturated carbocycles. The third-order valence-corrected chi connectivity index (χ3v) is 15.6. The van der Waals surface area contributed by atoms with Crippen LogP contribution in [0.5, 0.6) is 17.2 Å². The van der Waals surface area contributed by atoms with Gasteiger partial charge in [-0.1, -0.05) is 77.3 Å². The minimum Gasteiger partial charge on any atom is -0.497 e. The van der Waals surface area contributed by atoms with Crippen LogP contribution in [0.3, 0.4) is 0 Å². The highest BCUT2D eigenvalue weighted by Crippen LogP contribution is 2.39. The fourth-order valence-corrected chi connectivity index (χ4v) is 11.2. The molecule has 21 nitrogen and oxygen atoms in total. The summed E-state index contributed by atoms with van der Waals surface area (Å²) in [5.74, 6) is 4.69. The number of Topliss-reactive ketones (excluding diaryl/α,β-unsaturated/α-hetero) is 2. The maximum atomic E-state index is 13.8. The largest absolute Gasteiger partial charge is 0.497 e. The third kappa shape index (κ3) is 13.1. The second kappa shape index (κ2) is 27.0. The maximum absolute atomic E-state index is 13.8. The maximum Gasteiger partial charge on any atom is 0.306 e. The lowest BCUT2D eigenvalue weighted by Crippen LogP contribution is -2.13. The number of hydrogen-bond donors (Lipinski definition) is 3. The highest BCUT2D eigenvalue weighted by molar-refractivity contribution is 6.31. The van der Waals surface area contributed by atoms with Crippen molar-refractivity contribution >= 4 is 57.9 Å². The molecule has 0 radical (unpaired) electrons. The number of ether oxygens (including phenoxy) is 3. The van der Waals surface area contributed by atoms with Crippen molar-refractivity contribution in [1.29, 1.82) is 0 Å². The van der Waals surface area contributed by atoms with E-state index in [0.29, 0.717) is 80.1 Å². The first-order valence-corrected chi connectivity index (χ1v) is 29.1. The lowest BCUT2D eigenvalue weighted by atomic mass is 9.98. The molecule has 3 aromatic heterocycles. The van der Waals surface area contributed by atoms with Gasteiger partial charge in [0.25, 0.3) is 0 Å². The second-order valence-corrected chi connectivity index (χ2v) is 21.9. The van der Waals surface area contributed by atoms with Gasteiger partial charge in [0.05, 0.1) is 61.9 Å². The average Bonchev–Trinajstić information content (AvgIpc) is 1.77. The molecule has 3 atom stereocenters. The van der Waals surface area contributed by atoms with Crippen LogP contribution in [-0.4, -0.2) is 112 Å². The molecule has 6 heterocycles. The number of rotatable bonds is 16. The minimum absolute atomic E-state index is 0.0205. The van der Waals surface area contributed by atoms with E-state index in [4.69, 9.17) is 52.4 Å². The fourth-order valence-electron chi connectivity index (χ4n) is 10.9. The van der Waals surface area contributed by atoms with Gasteiger partial charge in [-0.25, -0.2) is 0 Å². The Bertz CT molecular complexity index is 4000. The number of aromatic nitrogens is 9. The molecular formula is C65H64Cl2N14O7. The van der Waals surface area contributed by atoms with Gasteiger partial charge in [0.1, 0.15) is 64.4 Å². The van der Waals surface area contributed by atoms with Gasteiger partial charge in [0.2, 0.25) is 0 Å². The zero-order valence-corrected chi connectivity index (χ0v) is 51.0. The van der Waals surface area contributed by atoms with Crippen molar-refractivity contribution in [3.63, 3.8) is 0 Å². The van der Waals surface area contributed by atoms with Gasteiger partial charge < -0.3 is 30.8 Å². The summed E-state index contributed by atoms with van der Waals surface area (Å²) in [4.78, 5) is 54.2. The summed E-state index contributed by atoms with van der Waals surface area (Å²) < 4.78 is 22.4. The molecule has 3 aliphatic rings. The summed E-state index contributed by atoms with van der Waals surface area (Å²) in [7, 11) is 4.85. The number of aliphatic carboxylic acids is 1. The Labute approximate surface area is 517 Å². The number of hydrogen-bond acceptors (Lipinski definition) is 17. The number of methoxy groups -OCH3 is 3. The number of nitrogens with two attached hydrogens (primary N) is 2. The molecule has 0 bridgehead atoms.